The molecule has 8 heteroatoms. The Morgan fingerprint density at radius 1 is 0.210 bits per heavy atom. The van der Waals surface area contributed by atoms with E-state index >= 15 is 0 Å². The number of benzene rings is 6. The van der Waals surface area contributed by atoms with Gasteiger partial charge in [-0.3, -0.25) is 9.80 Å². The Kier molecular flexibility index (Phi) is 16.5. The van der Waals surface area contributed by atoms with Crippen molar-refractivity contribution in [2.75, 3.05) is 78.5 Å². The van der Waals surface area contributed by atoms with Gasteiger partial charge >= 0.3 is 0 Å². The molecule has 33 rings (SSSR count). The monoisotopic (exact) mass is 827 g/mol. The molecule has 27 aliphatic heterocycles. The van der Waals surface area contributed by atoms with E-state index in [1.165, 1.54) is 66.8 Å². The average molecular weight is 827 g/mol. The summed E-state index contributed by atoms with van der Waals surface area (Å²) in [6.45, 7) is 16.8. The molecule has 27 aliphatic rings. The lowest BCUT2D eigenvalue weighted by atomic mass is 10.0. The van der Waals surface area contributed by atoms with E-state index in [0.717, 1.165) is 118 Å². The van der Waals surface area contributed by atoms with Crippen LogP contribution in [0.15, 0.2) is 146 Å². The first-order chi connectivity index (χ1) is 30.7. The maximum Gasteiger partial charge on any atom is 0.0206 e. The summed E-state index contributed by atoms with van der Waals surface area (Å²) < 4.78 is 0. The summed E-state index contributed by atoms with van der Waals surface area (Å²) >= 11 is 0. The predicted octanol–water partition coefficient (Wildman–Crippen LogP) is 7.26. The SMILES string of the molecule is c1cc2ccc1CNCCN1CCNCc3ccc(cc3)-c3ccc(cc3)CNCCN(CCNCc3ccc-2cc3)CCNCc2ccc(cc2)-c2ccc(cc2)CNCC1. The predicted molar refractivity (Wildman–Crippen MR) is 259 cm³/mol. The molecule has 0 fully saturated rings. The van der Waals surface area contributed by atoms with Crippen molar-refractivity contribution in [3.8, 4) is 33.4 Å². The minimum absolute atomic E-state index is 0.861. The number of nitrogens with one attached hydrogen (secondary N) is 6. The van der Waals surface area contributed by atoms with Gasteiger partial charge in [0.2, 0.25) is 0 Å². The summed E-state index contributed by atoms with van der Waals surface area (Å²) in [4.78, 5) is 5.15. The zero-order valence-corrected chi connectivity index (χ0v) is 36.5. The number of hydrogen-bond donors (Lipinski definition) is 6. The molecule has 0 atom stereocenters. The van der Waals surface area contributed by atoms with Crippen LogP contribution < -0.4 is 31.9 Å². The Hall–Kier alpha value is -5.00. The summed E-state index contributed by atoms with van der Waals surface area (Å²) in [5, 5.41) is 22.4. The van der Waals surface area contributed by atoms with Crippen molar-refractivity contribution in [1.29, 1.82) is 0 Å². The molecule has 322 valence electrons. The van der Waals surface area contributed by atoms with Crippen LogP contribution >= 0.6 is 0 Å². The quantitative estimate of drug-likeness (QED) is 0.0958. The summed E-state index contributed by atoms with van der Waals surface area (Å²) in [6.07, 6.45) is 0. The Morgan fingerprint density at radius 3 is 0.500 bits per heavy atom. The molecule has 6 aromatic carbocycles. The van der Waals surface area contributed by atoms with E-state index in [9.17, 15) is 0 Å². The number of rotatable bonds is 0. The van der Waals surface area contributed by atoms with E-state index in [1.807, 2.05) is 0 Å². The highest BCUT2D eigenvalue weighted by Gasteiger charge is 2.09. The number of nitrogens with zero attached hydrogens (tertiary/aromatic N) is 2. The molecule has 8 nitrogen and oxygen atoms in total. The molecule has 6 N–H and O–H groups in total. The lowest BCUT2D eigenvalue weighted by Gasteiger charge is -2.23. The highest BCUT2D eigenvalue weighted by Crippen LogP contribution is 2.23. The second-order valence-electron chi connectivity index (χ2n) is 16.9. The van der Waals surface area contributed by atoms with Crippen molar-refractivity contribution in [3.63, 3.8) is 0 Å². The van der Waals surface area contributed by atoms with Gasteiger partial charge in [0.05, 0.1) is 0 Å². The first-order valence-electron chi connectivity index (χ1n) is 22.9. The highest BCUT2D eigenvalue weighted by atomic mass is 15.2. The van der Waals surface area contributed by atoms with E-state index in [2.05, 4.69) is 187 Å². The van der Waals surface area contributed by atoms with Crippen molar-refractivity contribution < 1.29 is 0 Å². The van der Waals surface area contributed by atoms with Crippen molar-refractivity contribution in [2.45, 2.75) is 39.3 Å². The molecule has 27 heterocycles. The minimum Gasteiger partial charge on any atom is -0.311 e. The van der Waals surface area contributed by atoms with Crippen molar-refractivity contribution in [2.24, 2.45) is 0 Å². The third-order valence-electron chi connectivity index (χ3n) is 12.3. The molecule has 0 aromatic heterocycles. The van der Waals surface area contributed by atoms with E-state index in [0.29, 0.717) is 0 Å². The van der Waals surface area contributed by atoms with Crippen LogP contribution in [-0.2, 0) is 39.3 Å². The van der Waals surface area contributed by atoms with Crippen LogP contribution in [0.5, 0.6) is 0 Å². The molecule has 0 unspecified atom stereocenters. The fourth-order valence-electron chi connectivity index (χ4n) is 8.38. The van der Waals surface area contributed by atoms with Gasteiger partial charge in [-0.2, -0.15) is 0 Å². The number of hydrogen-bond acceptors (Lipinski definition) is 8. The van der Waals surface area contributed by atoms with Crippen LogP contribution in [0.2, 0.25) is 0 Å². The van der Waals surface area contributed by atoms with Crippen molar-refractivity contribution >= 4 is 0 Å². The summed E-state index contributed by atoms with van der Waals surface area (Å²) in [5.41, 5.74) is 15.4. The second kappa shape index (κ2) is 23.4. The zero-order valence-electron chi connectivity index (χ0n) is 36.5. The van der Waals surface area contributed by atoms with Crippen LogP contribution in [0.3, 0.4) is 0 Å². The Labute approximate surface area is 370 Å². The first-order valence-corrected chi connectivity index (χ1v) is 22.9. The molecular formula is C54H66N8. The zero-order chi connectivity index (χ0) is 42.0. The van der Waals surface area contributed by atoms with Crippen LogP contribution in [0.1, 0.15) is 33.4 Å². The topological polar surface area (TPSA) is 78.7 Å². The molecule has 14 bridgehead atoms. The molecular weight excluding hydrogens is 761 g/mol. The van der Waals surface area contributed by atoms with Crippen LogP contribution in [0.4, 0.5) is 0 Å². The second-order valence-corrected chi connectivity index (χ2v) is 16.9. The third kappa shape index (κ3) is 13.5. The van der Waals surface area contributed by atoms with Crippen molar-refractivity contribution in [1.82, 2.24) is 41.7 Å². The van der Waals surface area contributed by atoms with E-state index in [-0.39, 0.29) is 0 Å². The van der Waals surface area contributed by atoms with Gasteiger partial charge in [-0.1, -0.05) is 146 Å². The van der Waals surface area contributed by atoms with Gasteiger partial charge in [0.1, 0.15) is 0 Å². The lowest BCUT2D eigenvalue weighted by molar-refractivity contribution is 0.271. The lowest BCUT2D eigenvalue weighted by Crippen LogP contribution is -2.40. The average Bonchev–Trinajstić information content (AvgIpc) is 3.32. The molecule has 0 saturated carbocycles. The molecule has 0 aliphatic carbocycles. The summed E-state index contributed by atoms with van der Waals surface area (Å²) in [7, 11) is 0. The molecule has 0 spiro atoms. The molecule has 0 radical (unpaired) electrons. The highest BCUT2D eigenvalue weighted by molar-refractivity contribution is 5.65. The van der Waals surface area contributed by atoms with Gasteiger partial charge in [-0.15, -0.1) is 0 Å². The molecule has 6 aromatic rings. The Balaban J connectivity index is 0.992. The Bertz CT molecular complexity index is 1770. The van der Waals surface area contributed by atoms with Crippen LogP contribution in [-0.4, -0.2) is 88.3 Å². The fraction of sp³-hybridized carbons (Fsp3) is 0.333. The van der Waals surface area contributed by atoms with Crippen molar-refractivity contribution in [3.05, 3.63) is 179 Å². The Morgan fingerprint density at radius 2 is 0.355 bits per heavy atom. The first kappa shape index (κ1) is 43.6. The van der Waals surface area contributed by atoms with Gasteiger partial charge in [-0.05, 0) is 66.8 Å². The smallest absolute Gasteiger partial charge is 0.0206 e. The molecule has 0 amide bonds. The van der Waals surface area contributed by atoms with Gasteiger partial charge in [-0.25, -0.2) is 0 Å². The van der Waals surface area contributed by atoms with E-state index in [4.69, 9.17) is 0 Å². The van der Waals surface area contributed by atoms with Gasteiger partial charge < -0.3 is 31.9 Å². The third-order valence-corrected chi connectivity index (χ3v) is 12.3. The molecule has 0 saturated heterocycles. The maximum atomic E-state index is 3.73. The largest absolute Gasteiger partial charge is 0.311 e. The van der Waals surface area contributed by atoms with Crippen LogP contribution in [0, 0.1) is 0 Å². The van der Waals surface area contributed by atoms with Gasteiger partial charge in [0.25, 0.3) is 0 Å². The molecule has 62 heavy (non-hydrogen) atoms. The summed E-state index contributed by atoms with van der Waals surface area (Å²) in [6, 6.07) is 54.3. The minimum atomic E-state index is 0.861. The van der Waals surface area contributed by atoms with Gasteiger partial charge in [0.15, 0.2) is 0 Å². The normalized spacial score (nSPS) is 19.4. The standard InChI is InChI=1S/C54H66N8/c1-13-49-14-2-43(1)37-55-25-31-61-32-26-57-39-45-5-17-51(18-6-45)53-21-9-47(10-22-53)41-59-29-35-62(34-28-56-38-44-3-15-50(49)16-4-44)36-30-60-42-48-11-23-54(24-12-48)52-19-7-46(8-20-52)40-58-27-33-61/h1-24,55-60H,25-42H2. The summed E-state index contributed by atoms with van der Waals surface area (Å²) in [5.74, 6) is 0. The van der Waals surface area contributed by atoms with Crippen LogP contribution in [0.25, 0.3) is 33.4 Å². The van der Waals surface area contributed by atoms with E-state index < -0.39 is 0 Å². The van der Waals surface area contributed by atoms with Gasteiger partial charge in [0, 0.05) is 118 Å². The van der Waals surface area contributed by atoms with E-state index in [1.54, 1.807) is 0 Å². The maximum absolute atomic E-state index is 3.73. The fourth-order valence-corrected chi connectivity index (χ4v) is 8.38.